The molecule has 4 heteroatoms. The van der Waals surface area contributed by atoms with Gasteiger partial charge >= 0.3 is 0 Å². The molecule has 0 atom stereocenters. The Morgan fingerprint density at radius 3 is 2.88 bits per heavy atom. The van der Waals surface area contributed by atoms with E-state index in [-0.39, 0.29) is 0 Å². The summed E-state index contributed by atoms with van der Waals surface area (Å²) in [5.74, 6) is 1.48. The molecule has 1 aromatic carbocycles. The van der Waals surface area contributed by atoms with Crippen LogP contribution in [0.2, 0.25) is 5.02 Å². The molecule has 0 spiro atoms. The lowest BCUT2D eigenvalue weighted by Gasteiger charge is -2.20. The summed E-state index contributed by atoms with van der Waals surface area (Å²) in [6.07, 6.45) is 3.34. The largest absolute Gasteiger partial charge is 0.486 e. The first-order valence-corrected chi connectivity index (χ1v) is 6.41. The van der Waals surface area contributed by atoms with E-state index in [1.54, 1.807) is 0 Å². The van der Waals surface area contributed by atoms with Crippen LogP contribution in [0.25, 0.3) is 0 Å². The average molecular weight is 256 g/mol. The minimum atomic E-state index is 0.578. The maximum atomic E-state index is 6.17. The van der Waals surface area contributed by atoms with Crippen molar-refractivity contribution < 1.29 is 9.47 Å². The SMILES string of the molecule is CNCCCCc1cc(Cl)c2c(c1)OCCO2. The summed E-state index contributed by atoms with van der Waals surface area (Å²) in [7, 11) is 1.97. The van der Waals surface area contributed by atoms with E-state index >= 15 is 0 Å². The van der Waals surface area contributed by atoms with Gasteiger partial charge in [0.2, 0.25) is 0 Å². The second-order valence-electron chi connectivity index (χ2n) is 4.16. The fourth-order valence-corrected chi connectivity index (χ4v) is 2.23. The van der Waals surface area contributed by atoms with Gasteiger partial charge in [-0.15, -0.1) is 0 Å². The van der Waals surface area contributed by atoms with Crippen LogP contribution in [-0.2, 0) is 6.42 Å². The Kier molecular flexibility index (Phi) is 4.51. The molecule has 1 heterocycles. The molecule has 0 fully saturated rings. The third-order valence-corrected chi connectivity index (χ3v) is 3.08. The number of hydrogen-bond acceptors (Lipinski definition) is 3. The van der Waals surface area contributed by atoms with Crippen LogP contribution < -0.4 is 14.8 Å². The number of ether oxygens (including phenoxy) is 2. The van der Waals surface area contributed by atoms with Gasteiger partial charge in [-0.3, -0.25) is 0 Å². The van der Waals surface area contributed by atoms with Crippen molar-refractivity contribution in [3.05, 3.63) is 22.7 Å². The Balaban J connectivity index is 2.01. The van der Waals surface area contributed by atoms with E-state index in [9.17, 15) is 0 Å². The highest BCUT2D eigenvalue weighted by atomic mass is 35.5. The van der Waals surface area contributed by atoms with Gasteiger partial charge in [-0.05, 0) is 50.6 Å². The Morgan fingerprint density at radius 2 is 2.06 bits per heavy atom. The molecule has 2 rings (SSSR count). The van der Waals surface area contributed by atoms with Crippen molar-refractivity contribution in [1.82, 2.24) is 5.32 Å². The molecular weight excluding hydrogens is 238 g/mol. The fourth-order valence-electron chi connectivity index (χ4n) is 1.94. The number of fused-ring (bicyclic) bond motifs is 1. The number of nitrogens with one attached hydrogen (secondary N) is 1. The number of rotatable bonds is 5. The number of unbranched alkanes of at least 4 members (excludes halogenated alkanes) is 1. The zero-order valence-electron chi connectivity index (χ0n) is 10.1. The number of aryl methyl sites for hydroxylation is 1. The molecule has 0 bridgehead atoms. The number of hydrogen-bond donors (Lipinski definition) is 1. The van der Waals surface area contributed by atoms with Crippen molar-refractivity contribution in [2.75, 3.05) is 26.8 Å². The lowest BCUT2D eigenvalue weighted by Crippen LogP contribution is -2.15. The standard InChI is InChI=1S/C13H18ClNO2/c1-15-5-3-2-4-10-8-11(14)13-12(9-10)16-6-7-17-13/h8-9,15H,2-7H2,1H3. The van der Waals surface area contributed by atoms with Crippen LogP contribution in [-0.4, -0.2) is 26.8 Å². The monoisotopic (exact) mass is 255 g/mol. The van der Waals surface area contributed by atoms with Gasteiger partial charge in [-0.25, -0.2) is 0 Å². The van der Waals surface area contributed by atoms with E-state index in [0.717, 1.165) is 25.1 Å². The van der Waals surface area contributed by atoms with Crippen LogP contribution in [0, 0.1) is 0 Å². The predicted octanol–water partition coefficient (Wildman–Crippen LogP) is 2.65. The van der Waals surface area contributed by atoms with Crippen LogP contribution in [0.1, 0.15) is 18.4 Å². The molecule has 0 saturated heterocycles. The third kappa shape index (κ3) is 3.27. The van der Waals surface area contributed by atoms with Crippen molar-refractivity contribution >= 4 is 11.6 Å². The molecule has 1 aliphatic rings. The zero-order valence-corrected chi connectivity index (χ0v) is 10.8. The van der Waals surface area contributed by atoms with E-state index in [1.807, 2.05) is 19.2 Å². The average Bonchev–Trinajstić information content (AvgIpc) is 2.35. The van der Waals surface area contributed by atoms with E-state index < -0.39 is 0 Å². The minimum absolute atomic E-state index is 0.578. The Labute approximate surface area is 107 Å². The molecule has 1 N–H and O–H groups in total. The van der Waals surface area contributed by atoms with Gasteiger partial charge in [-0.2, -0.15) is 0 Å². The van der Waals surface area contributed by atoms with Gasteiger partial charge in [0.05, 0.1) is 5.02 Å². The summed E-state index contributed by atoms with van der Waals surface area (Å²) < 4.78 is 11.0. The van der Waals surface area contributed by atoms with Gasteiger partial charge in [0, 0.05) is 0 Å². The molecule has 1 aliphatic heterocycles. The number of halogens is 1. The van der Waals surface area contributed by atoms with Gasteiger partial charge in [-0.1, -0.05) is 11.6 Å². The second kappa shape index (κ2) is 6.12. The molecule has 17 heavy (non-hydrogen) atoms. The lowest BCUT2D eigenvalue weighted by molar-refractivity contribution is 0.171. The van der Waals surface area contributed by atoms with Crippen molar-refractivity contribution in [2.24, 2.45) is 0 Å². The first-order valence-electron chi connectivity index (χ1n) is 6.04. The predicted molar refractivity (Wildman–Crippen MR) is 69.3 cm³/mol. The van der Waals surface area contributed by atoms with Crippen molar-refractivity contribution in [3.8, 4) is 11.5 Å². The summed E-state index contributed by atoms with van der Waals surface area (Å²) in [6.45, 7) is 2.24. The van der Waals surface area contributed by atoms with Gasteiger partial charge in [0.25, 0.3) is 0 Å². The molecule has 0 amide bonds. The van der Waals surface area contributed by atoms with Gasteiger partial charge in [0.15, 0.2) is 11.5 Å². The van der Waals surface area contributed by atoms with Crippen molar-refractivity contribution in [2.45, 2.75) is 19.3 Å². The Morgan fingerprint density at radius 1 is 1.24 bits per heavy atom. The van der Waals surface area contributed by atoms with Gasteiger partial charge < -0.3 is 14.8 Å². The molecule has 1 aromatic rings. The number of benzene rings is 1. The van der Waals surface area contributed by atoms with Crippen molar-refractivity contribution in [3.63, 3.8) is 0 Å². The highest BCUT2D eigenvalue weighted by molar-refractivity contribution is 6.32. The maximum Gasteiger partial charge on any atom is 0.179 e. The normalized spacial score (nSPS) is 13.8. The van der Waals surface area contributed by atoms with Crippen LogP contribution in [0.5, 0.6) is 11.5 Å². The summed E-state index contributed by atoms with van der Waals surface area (Å²) in [5, 5.41) is 3.80. The van der Waals surface area contributed by atoms with Crippen LogP contribution in [0.4, 0.5) is 0 Å². The highest BCUT2D eigenvalue weighted by Crippen LogP contribution is 2.38. The lowest BCUT2D eigenvalue weighted by atomic mass is 10.1. The third-order valence-electron chi connectivity index (χ3n) is 2.80. The summed E-state index contributed by atoms with van der Waals surface area (Å²) in [6, 6.07) is 4.02. The summed E-state index contributed by atoms with van der Waals surface area (Å²) in [4.78, 5) is 0. The second-order valence-corrected chi connectivity index (χ2v) is 4.57. The van der Waals surface area contributed by atoms with E-state index in [4.69, 9.17) is 21.1 Å². The molecule has 3 nitrogen and oxygen atoms in total. The van der Waals surface area contributed by atoms with E-state index in [2.05, 4.69) is 5.32 Å². The van der Waals surface area contributed by atoms with Crippen LogP contribution >= 0.6 is 11.6 Å². The topological polar surface area (TPSA) is 30.5 Å². The Hall–Kier alpha value is -0.930. The molecule has 0 unspecified atom stereocenters. The molecule has 0 saturated carbocycles. The Bertz CT molecular complexity index is 382. The molecule has 0 radical (unpaired) electrons. The first kappa shape index (κ1) is 12.5. The van der Waals surface area contributed by atoms with E-state index in [0.29, 0.717) is 24.0 Å². The molecule has 0 aliphatic carbocycles. The highest BCUT2D eigenvalue weighted by Gasteiger charge is 2.16. The maximum absolute atomic E-state index is 6.17. The fraction of sp³-hybridized carbons (Fsp3) is 0.538. The zero-order chi connectivity index (χ0) is 12.1. The van der Waals surface area contributed by atoms with Crippen molar-refractivity contribution in [1.29, 1.82) is 0 Å². The molecule has 0 aromatic heterocycles. The minimum Gasteiger partial charge on any atom is -0.486 e. The smallest absolute Gasteiger partial charge is 0.179 e. The first-order chi connectivity index (χ1) is 8.31. The quantitative estimate of drug-likeness (QED) is 0.821. The summed E-state index contributed by atoms with van der Waals surface area (Å²) >= 11 is 6.17. The summed E-state index contributed by atoms with van der Waals surface area (Å²) in [5.41, 5.74) is 1.22. The van der Waals surface area contributed by atoms with Crippen LogP contribution in [0.15, 0.2) is 12.1 Å². The molecule has 94 valence electrons. The molecular formula is C13H18ClNO2. The van der Waals surface area contributed by atoms with Crippen LogP contribution in [0.3, 0.4) is 0 Å². The van der Waals surface area contributed by atoms with Gasteiger partial charge in [0.1, 0.15) is 13.2 Å². The van der Waals surface area contributed by atoms with E-state index in [1.165, 1.54) is 12.0 Å².